The lowest BCUT2D eigenvalue weighted by molar-refractivity contribution is -0.133. The van der Waals surface area contributed by atoms with Crippen LogP contribution in [0, 0.1) is 5.82 Å². The summed E-state index contributed by atoms with van der Waals surface area (Å²) in [5, 5.41) is 0. The molecule has 0 N–H and O–H groups in total. The lowest BCUT2D eigenvalue weighted by atomic mass is 10.2. The van der Waals surface area contributed by atoms with Crippen molar-refractivity contribution in [1.29, 1.82) is 0 Å². The number of likely N-dealkylation sites (N-methyl/N-ethyl adjacent to an activating group) is 1. The van der Waals surface area contributed by atoms with Gasteiger partial charge in [-0.05, 0) is 35.9 Å². The van der Waals surface area contributed by atoms with E-state index in [1.807, 2.05) is 0 Å². The second-order valence-electron chi connectivity index (χ2n) is 7.00. The van der Waals surface area contributed by atoms with Crippen LogP contribution in [0.4, 0.5) is 4.39 Å². The molecule has 0 aliphatic carbocycles. The third-order valence-electron chi connectivity index (χ3n) is 4.76. The highest BCUT2D eigenvalue weighted by molar-refractivity contribution is 7.89. The molecule has 1 aliphatic heterocycles. The van der Waals surface area contributed by atoms with Crippen molar-refractivity contribution in [1.82, 2.24) is 9.21 Å². The zero-order chi connectivity index (χ0) is 22.4. The standard InChI is InChI=1S/C21H23FN2O6S/c1-23(14-16-5-7-18(22)8-6-16)20(25)15-30-21(26)17-3-2-4-19(13-17)31(27,28)24-9-11-29-12-10-24/h2-8,13H,9-12,14-15H2,1H3. The van der Waals surface area contributed by atoms with Gasteiger partial charge in [0.15, 0.2) is 6.61 Å². The van der Waals surface area contributed by atoms with E-state index in [-0.39, 0.29) is 35.9 Å². The summed E-state index contributed by atoms with van der Waals surface area (Å²) in [5.74, 6) is -1.62. The van der Waals surface area contributed by atoms with Crippen LogP contribution >= 0.6 is 0 Å². The van der Waals surface area contributed by atoms with Gasteiger partial charge in [0, 0.05) is 26.7 Å². The third kappa shape index (κ3) is 5.87. The molecule has 166 valence electrons. The molecular weight excluding hydrogens is 427 g/mol. The summed E-state index contributed by atoms with van der Waals surface area (Å²) in [6.45, 7) is 0.835. The first-order valence-electron chi connectivity index (χ1n) is 9.61. The molecule has 0 radical (unpaired) electrons. The topological polar surface area (TPSA) is 93.2 Å². The maximum Gasteiger partial charge on any atom is 0.338 e. The Hall–Kier alpha value is -2.82. The highest BCUT2D eigenvalue weighted by Crippen LogP contribution is 2.19. The van der Waals surface area contributed by atoms with Gasteiger partial charge in [-0.2, -0.15) is 4.31 Å². The van der Waals surface area contributed by atoms with E-state index in [1.165, 1.54) is 52.7 Å². The molecule has 1 saturated heterocycles. The van der Waals surface area contributed by atoms with E-state index in [0.29, 0.717) is 13.2 Å². The fraction of sp³-hybridized carbons (Fsp3) is 0.333. The van der Waals surface area contributed by atoms with Crippen molar-refractivity contribution in [3.05, 3.63) is 65.5 Å². The van der Waals surface area contributed by atoms with Crippen LogP contribution in [0.3, 0.4) is 0 Å². The lowest BCUT2D eigenvalue weighted by Gasteiger charge is -2.26. The SMILES string of the molecule is CN(Cc1ccc(F)cc1)C(=O)COC(=O)c1cccc(S(=O)(=O)N2CCOCC2)c1. The maximum atomic E-state index is 13.0. The summed E-state index contributed by atoms with van der Waals surface area (Å²) in [5.41, 5.74) is 0.757. The minimum absolute atomic E-state index is 0.0244. The van der Waals surface area contributed by atoms with Crippen molar-refractivity contribution >= 4 is 21.9 Å². The van der Waals surface area contributed by atoms with Crippen molar-refractivity contribution in [2.75, 3.05) is 40.0 Å². The van der Waals surface area contributed by atoms with Gasteiger partial charge in [-0.3, -0.25) is 4.79 Å². The number of hydrogen-bond donors (Lipinski definition) is 0. The molecule has 1 amide bonds. The largest absolute Gasteiger partial charge is 0.452 e. The number of benzene rings is 2. The first kappa shape index (κ1) is 22.9. The number of halogens is 1. The number of carbonyl (C=O) groups excluding carboxylic acids is 2. The van der Waals surface area contributed by atoms with E-state index in [4.69, 9.17) is 9.47 Å². The second-order valence-corrected chi connectivity index (χ2v) is 8.93. The molecule has 0 saturated carbocycles. The fourth-order valence-corrected chi connectivity index (χ4v) is 4.45. The zero-order valence-electron chi connectivity index (χ0n) is 17.0. The zero-order valence-corrected chi connectivity index (χ0v) is 17.8. The van der Waals surface area contributed by atoms with Crippen LogP contribution in [0.2, 0.25) is 0 Å². The van der Waals surface area contributed by atoms with Crippen molar-refractivity contribution in [3.8, 4) is 0 Å². The maximum absolute atomic E-state index is 13.0. The first-order chi connectivity index (χ1) is 14.8. The van der Waals surface area contributed by atoms with Gasteiger partial charge in [-0.1, -0.05) is 18.2 Å². The van der Waals surface area contributed by atoms with Crippen LogP contribution in [0.5, 0.6) is 0 Å². The molecule has 2 aromatic carbocycles. The summed E-state index contributed by atoms with van der Waals surface area (Å²) in [6, 6.07) is 11.2. The Bertz CT molecular complexity index is 1040. The van der Waals surface area contributed by atoms with Gasteiger partial charge in [0.2, 0.25) is 10.0 Å². The van der Waals surface area contributed by atoms with Gasteiger partial charge >= 0.3 is 5.97 Å². The Balaban J connectivity index is 1.59. The van der Waals surface area contributed by atoms with Crippen LogP contribution < -0.4 is 0 Å². The predicted octanol–water partition coefficient (Wildman–Crippen LogP) is 1.66. The molecule has 0 spiro atoms. The van der Waals surface area contributed by atoms with Gasteiger partial charge in [-0.15, -0.1) is 0 Å². The van der Waals surface area contributed by atoms with E-state index in [1.54, 1.807) is 12.1 Å². The second kappa shape index (κ2) is 9.99. The van der Waals surface area contributed by atoms with E-state index < -0.39 is 28.5 Å². The minimum atomic E-state index is -3.76. The number of sulfonamides is 1. The Kier molecular flexibility index (Phi) is 7.37. The Morgan fingerprint density at radius 2 is 1.81 bits per heavy atom. The smallest absolute Gasteiger partial charge is 0.338 e. The molecule has 0 bridgehead atoms. The fourth-order valence-electron chi connectivity index (χ4n) is 2.99. The Morgan fingerprint density at radius 3 is 2.48 bits per heavy atom. The Labute approximate surface area is 180 Å². The predicted molar refractivity (Wildman–Crippen MR) is 109 cm³/mol. The highest BCUT2D eigenvalue weighted by Gasteiger charge is 2.27. The molecule has 0 unspecified atom stereocenters. The number of carbonyl (C=O) groups is 2. The molecule has 0 aromatic heterocycles. The van der Waals surface area contributed by atoms with Gasteiger partial charge < -0.3 is 14.4 Å². The van der Waals surface area contributed by atoms with Crippen LogP contribution in [0.25, 0.3) is 0 Å². The molecule has 1 fully saturated rings. The van der Waals surface area contributed by atoms with Gasteiger partial charge in [0.25, 0.3) is 5.91 Å². The molecule has 2 aromatic rings. The van der Waals surface area contributed by atoms with E-state index in [9.17, 15) is 22.4 Å². The van der Waals surface area contributed by atoms with Crippen LogP contribution in [0.1, 0.15) is 15.9 Å². The number of morpholine rings is 1. The molecular formula is C21H23FN2O6S. The lowest BCUT2D eigenvalue weighted by Crippen LogP contribution is -2.40. The Morgan fingerprint density at radius 1 is 1.13 bits per heavy atom. The highest BCUT2D eigenvalue weighted by atomic mass is 32.2. The van der Waals surface area contributed by atoms with E-state index >= 15 is 0 Å². The van der Waals surface area contributed by atoms with Crippen molar-refractivity contribution < 1.29 is 31.9 Å². The minimum Gasteiger partial charge on any atom is -0.452 e. The van der Waals surface area contributed by atoms with E-state index in [0.717, 1.165) is 5.56 Å². The molecule has 1 aliphatic rings. The molecule has 3 rings (SSSR count). The first-order valence-corrected chi connectivity index (χ1v) is 11.0. The number of hydrogen-bond acceptors (Lipinski definition) is 6. The van der Waals surface area contributed by atoms with Gasteiger partial charge in [0.05, 0.1) is 23.7 Å². The quantitative estimate of drug-likeness (QED) is 0.596. The summed E-state index contributed by atoms with van der Waals surface area (Å²) in [6.07, 6.45) is 0. The van der Waals surface area contributed by atoms with Gasteiger partial charge in [-0.25, -0.2) is 17.6 Å². The van der Waals surface area contributed by atoms with Crippen molar-refractivity contribution in [3.63, 3.8) is 0 Å². The van der Waals surface area contributed by atoms with Crippen molar-refractivity contribution in [2.24, 2.45) is 0 Å². The number of ether oxygens (including phenoxy) is 2. The molecule has 31 heavy (non-hydrogen) atoms. The molecule has 8 nitrogen and oxygen atoms in total. The summed E-state index contributed by atoms with van der Waals surface area (Å²) in [7, 11) is -2.22. The number of esters is 1. The third-order valence-corrected chi connectivity index (χ3v) is 6.66. The molecule has 1 heterocycles. The monoisotopic (exact) mass is 450 g/mol. The molecule has 0 atom stereocenters. The summed E-state index contributed by atoms with van der Waals surface area (Å²) >= 11 is 0. The van der Waals surface area contributed by atoms with Crippen LogP contribution in [-0.2, 0) is 30.8 Å². The average Bonchev–Trinajstić information content (AvgIpc) is 2.79. The average molecular weight is 450 g/mol. The summed E-state index contributed by atoms with van der Waals surface area (Å²) < 4.78 is 50.0. The van der Waals surface area contributed by atoms with Crippen LogP contribution in [-0.4, -0.2) is 69.5 Å². The summed E-state index contributed by atoms with van der Waals surface area (Å²) in [4.78, 5) is 25.9. The number of amides is 1. The number of nitrogens with zero attached hydrogens (tertiary/aromatic N) is 2. The number of rotatable bonds is 7. The molecule has 10 heteroatoms. The normalized spacial score (nSPS) is 14.8. The van der Waals surface area contributed by atoms with E-state index in [2.05, 4.69) is 0 Å². The van der Waals surface area contributed by atoms with Crippen LogP contribution in [0.15, 0.2) is 53.4 Å². The van der Waals surface area contributed by atoms with Crippen molar-refractivity contribution in [2.45, 2.75) is 11.4 Å². The van der Waals surface area contributed by atoms with Gasteiger partial charge in [0.1, 0.15) is 5.82 Å².